The first-order chi connectivity index (χ1) is 32.1. The van der Waals surface area contributed by atoms with Gasteiger partial charge in [-0.15, -0.1) is 0 Å². The number of carboxylic acids is 1. The van der Waals surface area contributed by atoms with Crippen LogP contribution in [0.15, 0.2) is 12.2 Å². The third kappa shape index (κ3) is 8.00. The lowest BCUT2D eigenvalue weighted by Gasteiger charge is -2.72. The first-order valence-electron chi connectivity index (χ1n) is 25.1. The van der Waals surface area contributed by atoms with Gasteiger partial charge in [-0.3, -0.25) is 9.59 Å². The molecule has 0 aromatic carbocycles. The predicted molar refractivity (Wildman–Crippen MR) is 236 cm³/mol. The molecule has 0 bridgehead atoms. The predicted octanol–water partition coefficient (Wildman–Crippen LogP) is 0.148. The number of hydrogen-bond donors (Lipinski definition) is 12. The molecular formula is C49H78O20. The second-order valence-corrected chi connectivity index (χ2v) is 23.2. The second kappa shape index (κ2) is 18.5. The van der Waals surface area contributed by atoms with Crippen LogP contribution in [0, 0.1) is 56.7 Å². The molecule has 0 spiro atoms. The monoisotopic (exact) mass is 987 g/mol. The van der Waals surface area contributed by atoms with Crippen molar-refractivity contribution < 1.29 is 99.3 Å². The Kier molecular flexibility index (Phi) is 14.3. The van der Waals surface area contributed by atoms with Gasteiger partial charge in [-0.05, 0) is 130 Å². The van der Waals surface area contributed by atoms with E-state index < -0.39 is 127 Å². The molecule has 8 rings (SSSR count). The Labute approximate surface area is 402 Å². The number of aliphatic hydroxyl groups excluding tert-OH is 9. The molecule has 0 aromatic heterocycles. The lowest BCUT2D eigenvalue weighted by molar-refractivity contribution is -0.474. The second-order valence-electron chi connectivity index (χ2n) is 23.2. The van der Waals surface area contributed by atoms with E-state index in [1.807, 2.05) is 13.8 Å². The average Bonchev–Trinajstić information content (AvgIpc) is 3.71. The molecule has 20 heteroatoms. The smallest absolute Gasteiger partial charge is 0.357 e. The van der Waals surface area contributed by atoms with E-state index in [0.717, 1.165) is 44.1 Å². The fourth-order valence-electron chi connectivity index (χ4n) is 16.0. The fourth-order valence-corrected chi connectivity index (χ4v) is 16.0. The highest BCUT2D eigenvalue weighted by atomic mass is 16.9. The van der Waals surface area contributed by atoms with Crippen LogP contribution in [0.25, 0.3) is 0 Å². The molecule has 8 fully saturated rings. The highest BCUT2D eigenvalue weighted by molar-refractivity contribution is 5.79. The summed E-state index contributed by atoms with van der Waals surface area (Å²) in [5, 5.41) is 131. The van der Waals surface area contributed by atoms with Crippen LogP contribution in [-0.2, 0) is 38.0 Å². The van der Waals surface area contributed by atoms with Crippen LogP contribution in [0.5, 0.6) is 0 Å². The van der Waals surface area contributed by atoms with Crippen LogP contribution in [0.3, 0.4) is 0 Å². The largest absolute Gasteiger partial charge is 0.481 e. The summed E-state index contributed by atoms with van der Waals surface area (Å²) in [6, 6.07) is 0. The number of allylic oxidation sites excluding steroid dienone is 1. The Morgan fingerprint density at radius 1 is 0.710 bits per heavy atom. The van der Waals surface area contributed by atoms with Crippen molar-refractivity contribution in [1.82, 2.24) is 0 Å². The van der Waals surface area contributed by atoms with E-state index in [2.05, 4.69) is 27.4 Å². The highest BCUT2D eigenvalue weighted by Gasteiger charge is 2.73. The van der Waals surface area contributed by atoms with Gasteiger partial charge in [-0.2, -0.15) is 0 Å². The number of aliphatic carboxylic acids is 1. The third-order valence-electron chi connectivity index (χ3n) is 20.2. The minimum Gasteiger partial charge on any atom is -0.481 e. The molecule has 3 heterocycles. The topological polar surface area (TPSA) is 332 Å². The Morgan fingerprint density at radius 3 is 2.03 bits per heavy atom. The minimum absolute atomic E-state index is 0.0000724. The molecule has 0 radical (unpaired) electrons. The Bertz CT molecular complexity index is 1940. The summed E-state index contributed by atoms with van der Waals surface area (Å²) in [6.07, 6.45) is -16.1. The lowest BCUT2D eigenvalue weighted by Crippen LogP contribution is -2.70. The number of aliphatic hydroxyl groups is 11. The zero-order chi connectivity index (χ0) is 50.8. The molecule has 12 N–H and O–H groups in total. The van der Waals surface area contributed by atoms with Crippen molar-refractivity contribution in [2.45, 2.75) is 210 Å². The zero-order valence-electron chi connectivity index (χ0n) is 40.6. The molecule has 8 aliphatic rings. The van der Waals surface area contributed by atoms with E-state index in [9.17, 15) is 66.1 Å². The summed E-state index contributed by atoms with van der Waals surface area (Å²) in [7, 11) is 0. The van der Waals surface area contributed by atoms with Gasteiger partial charge >= 0.3 is 23.9 Å². The zero-order valence-corrected chi connectivity index (χ0v) is 40.6. The van der Waals surface area contributed by atoms with Gasteiger partial charge in [-0.25, -0.2) is 0 Å². The minimum atomic E-state index is -3.28. The van der Waals surface area contributed by atoms with Crippen molar-refractivity contribution >= 4 is 11.9 Å². The highest BCUT2D eigenvalue weighted by Crippen LogP contribution is 2.78. The van der Waals surface area contributed by atoms with Crippen molar-refractivity contribution in [3.8, 4) is 0 Å². The van der Waals surface area contributed by atoms with E-state index in [1.165, 1.54) is 6.92 Å². The number of carboxylic acid groups (broad SMARTS) is 1. The quantitative estimate of drug-likeness (QED) is 0.0745. The molecule has 0 aromatic rings. The Balaban J connectivity index is 1.01. The maximum atomic E-state index is 15.1. The van der Waals surface area contributed by atoms with Gasteiger partial charge in [0.05, 0.1) is 30.1 Å². The van der Waals surface area contributed by atoms with E-state index in [1.54, 1.807) is 0 Å². The van der Waals surface area contributed by atoms with Crippen molar-refractivity contribution in [2.75, 3.05) is 13.2 Å². The average molecular weight is 987 g/mol. The summed E-state index contributed by atoms with van der Waals surface area (Å²) in [5.74, 6) is -8.18. The normalized spacial score (nSPS) is 55.1. The van der Waals surface area contributed by atoms with Crippen molar-refractivity contribution in [3.05, 3.63) is 12.2 Å². The van der Waals surface area contributed by atoms with Gasteiger partial charge in [0.2, 0.25) is 0 Å². The van der Waals surface area contributed by atoms with Gasteiger partial charge in [0.1, 0.15) is 54.9 Å². The summed E-state index contributed by atoms with van der Waals surface area (Å²) in [4.78, 5) is 27.9. The first-order valence-corrected chi connectivity index (χ1v) is 25.1. The molecule has 394 valence electrons. The molecular weight excluding hydrogens is 909 g/mol. The Morgan fingerprint density at radius 2 is 1.38 bits per heavy atom. The number of carbonyl (C=O) groups is 2. The summed E-state index contributed by atoms with van der Waals surface area (Å²) in [5.41, 5.74) is -1.67. The number of rotatable bonds is 11. The molecule has 5 aliphatic carbocycles. The molecule has 5 unspecified atom stereocenters. The molecule has 25 atom stereocenters. The Hall–Kier alpha value is -1.96. The van der Waals surface area contributed by atoms with E-state index >= 15 is 4.79 Å². The third-order valence-corrected chi connectivity index (χ3v) is 20.2. The van der Waals surface area contributed by atoms with Gasteiger partial charge in [0, 0.05) is 0 Å². The summed E-state index contributed by atoms with van der Waals surface area (Å²) in [6.45, 7) is 14.8. The number of fused-ring (bicyclic) bond motifs is 7. The molecule has 0 amide bonds. The summed E-state index contributed by atoms with van der Waals surface area (Å²) < 4.78 is 33.4. The molecule has 3 aliphatic heterocycles. The van der Waals surface area contributed by atoms with Crippen molar-refractivity contribution in [1.29, 1.82) is 0 Å². The van der Waals surface area contributed by atoms with Crippen LogP contribution in [-0.4, -0.2) is 178 Å². The van der Waals surface area contributed by atoms with Crippen LogP contribution in [0.4, 0.5) is 0 Å². The molecule has 5 saturated carbocycles. The summed E-state index contributed by atoms with van der Waals surface area (Å²) >= 11 is 0. The van der Waals surface area contributed by atoms with Crippen LogP contribution < -0.4 is 0 Å². The number of ether oxygens (including phenoxy) is 6. The number of carbonyl (C=O) groups excluding carboxylic acids is 1. The lowest BCUT2D eigenvalue weighted by atomic mass is 9.32. The van der Waals surface area contributed by atoms with Crippen LogP contribution >= 0.6 is 0 Å². The van der Waals surface area contributed by atoms with Crippen molar-refractivity contribution in [3.63, 3.8) is 0 Å². The number of hydrogen-bond acceptors (Lipinski definition) is 19. The number of esters is 1. The van der Waals surface area contributed by atoms with Crippen LogP contribution in [0.1, 0.15) is 119 Å². The van der Waals surface area contributed by atoms with Gasteiger partial charge in [0.25, 0.3) is 0 Å². The molecule has 3 saturated heterocycles. The molecule has 69 heavy (non-hydrogen) atoms. The van der Waals surface area contributed by atoms with E-state index in [0.29, 0.717) is 38.5 Å². The fraction of sp³-hybridized carbons (Fsp3) is 0.918. The van der Waals surface area contributed by atoms with Gasteiger partial charge < -0.3 is 89.7 Å². The first kappa shape index (κ1) is 53.3. The van der Waals surface area contributed by atoms with Gasteiger partial charge in [0.15, 0.2) is 18.5 Å². The molecule has 20 nitrogen and oxygen atoms in total. The van der Waals surface area contributed by atoms with Crippen LogP contribution in [0.2, 0.25) is 0 Å². The van der Waals surface area contributed by atoms with E-state index in [4.69, 9.17) is 28.4 Å². The maximum absolute atomic E-state index is 15.1. The maximum Gasteiger partial charge on any atom is 0.357 e. The van der Waals surface area contributed by atoms with Crippen molar-refractivity contribution in [2.24, 2.45) is 56.7 Å². The standard InChI is InChI=1S/C49H78O20/c1-8-22(2)24-12-17-47(19-18-45(6)25(30(24)47)10-11-29-43(4)14-9-15-44(5,41(59)60)28(43)13-16-46(29,45)7)42(61)69-49(63)38(57)34(54)32(52)27(68-49)21-64-48(62)39(58)36(56)37(26(20-50)67-48)66-40-35(55)33(53)31(51)23(3)65-40/h23-40,50-58,62-63H,2,8-21H2,1,3-7H3,(H,59,60)/t23-,24+,25-,26?,27?,28-,29-,30-,31-,32-,33+,34?,35+,36?,37-,38+,39+,40?,43+,44-,45-,46-,47+,48+,49-/m1/s1. The van der Waals surface area contributed by atoms with E-state index in [-0.39, 0.29) is 45.8 Å². The SMILES string of the molecule is C=C(CC)[C@@H]1CC[C@]2(C(=O)O[C@]3(O)OC(CO[C@]4(O)OC(CO)[C@@H](OC5O[C@H](C)[C@@H](O)[C@H](O)[C@@H]5O)C(O)[C@@H]4O)[C@@H](O)C(O)[C@@H]3O)CC[C@]3(C)[C@H](CC[C@@H]4[C@@]5(C)CCC[C@@](C)(C(=O)O)[C@@H]5CC[C@]43C)[C@@H]12. The van der Waals surface area contributed by atoms with Gasteiger partial charge in [-0.1, -0.05) is 46.3 Å².